The number of nitro groups is 1. The molecule has 0 bridgehead atoms. The monoisotopic (exact) mass is 324 g/mol. The van der Waals surface area contributed by atoms with E-state index >= 15 is 0 Å². The standard InChI is InChI=1S/C17H13FN4O2/c1-11-8-16(14-7-6-13(18)9-15(14)20-11)21-19-10-12-4-2-3-5-17(12)22(23)24/h2-10H,1H3,(H,20,21)/b19-10+. The predicted octanol–water partition coefficient (Wildman–Crippen LogP) is 4.04. The maximum Gasteiger partial charge on any atom is 0.278 e. The molecule has 3 aromatic rings. The summed E-state index contributed by atoms with van der Waals surface area (Å²) in [6.07, 6.45) is 1.38. The number of anilines is 1. The van der Waals surface area contributed by atoms with Gasteiger partial charge in [0.2, 0.25) is 0 Å². The maximum absolute atomic E-state index is 13.3. The van der Waals surface area contributed by atoms with Gasteiger partial charge in [0.15, 0.2) is 0 Å². The molecule has 120 valence electrons. The third-order valence-electron chi connectivity index (χ3n) is 3.42. The molecule has 0 fully saturated rings. The number of halogens is 1. The fourth-order valence-corrected chi connectivity index (χ4v) is 2.36. The molecule has 24 heavy (non-hydrogen) atoms. The zero-order valence-corrected chi connectivity index (χ0v) is 12.7. The van der Waals surface area contributed by atoms with Gasteiger partial charge in [-0.25, -0.2) is 4.39 Å². The number of nitrogens with one attached hydrogen (secondary N) is 1. The van der Waals surface area contributed by atoms with Crippen molar-refractivity contribution in [2.24, 2.45) is 5.10 Å². The topological polar surface area (TPSA) is 80.4 Å². The quantitative estimate of drug-likeness (QED) is 0.446. The van der Waals surface area contributed by atoms with Crippen molar-refractivity contribution in [2.75, 3.05) is 5.43 Å². The first-order chi connectivity index (χ1) is 11.5. The van der Waals surface area contributed by atoms with Gasteiger partial charge in [0.25, 0.3) is 5.69 Å². The van der Waals surface area contributed by atoms with E-state index in [-0.39, 0.29) is 11.5 Å². The molecule has 0 saturated carbocycles. The van der Waals surface area contributed by atoms with Gasteiger partial charge in [-0.3, -0.25) is 20.5 Å². The lowest BCUT2D eigenvalue weighted by molar-refractivity contribution is -0.385. The van der Waals surface area contributed by atoms with Gasteiger partial charge in [-0.15, -0.1) is 0 Å². The third kappa shape index (κ3) is 3.19. The van der Waals surface area contributed by atoms with Crippen LogP contribution in [0.2, 0.25) is 0 Å². The summed E-state index contributed by atoms with van der Waals surface area (Å²) in [5, 5.41) is 15.8. The molecule has 1 heterocycles. The van der Waals surface area contributed by atoms with Crippen molar-refractivity contribution in [3.63, 3.8) is 0 Å². The predicted molar refractivity (Wildman–Crippen MR) is 90.8 cm³/mol. The van der Waals surface area contributed by atoms with E-state index in [9.17, 15) is 14.5 Å². The van der Waals surface area contributed by atoms with Crippen molar-refractivity contribution in [3.05, 3.63) is 75.7 Å². The molecule has 7 heteroatoms. The highest BCUT2D eigenvalue weighted by atomic mass is 19.1. The van der Waals surface area contributed by atoms with E-state index in [1.807, 2.05) is 0 Å². The van der Waals surface area contributed by atoms with E-state index in [4.69, 9.17) is 0 Å². The highest BCUT2D eigenvalue weighted by Gasteiger charge is 2.10. The lowest BCUT2D eigenvalue weighted by atomic mass is 10.1. The van der Waals surface area contributed by atoms with Crippen molar-refractivity contribution in [2.45, 2.75) is 6.92 Å². The second-order valence-electron chi connectivity index (χ2n) is 5.16. The van der Waals surface area contributed by atoms with Crippen molar-refractivity contribution in [1.82, 2.24) is 4.98 Å². The third-order valence-corrected chi connectivity index (χ3v) is 3.42. The van der Waals surface area contributed by atoms with Crippen LogP contribution in [0.5, 0.6) is 0 Å². The summed E-state index contributed by atoms with van der Waals surface area (Å²) in [6, 6.07) is 12.4. The van der Waals surface area contributed by atoms with E-state index in [1.165, 1.54) is 24.4 Å². The summed E-state index contributed by atoms with van der Waals surface area (Å²) >= 11 is 0. The minimum Gasteiger partial charge on any atom is -0.278 e. The minimum atomic E-state index is -0.462. The number of aromatic nitrogens is 1. The van der Waals surface area contributed by atoms with Crippen LogP contribution in [0.3, 0.4) is 0 Å². The summed E-state index contributed by atoms with van der Waals surface area (Å²) in [7, 11) is 0. The van der Waals surface area contributed by atoms with Crippen LogP contribution in [0.1, 0.15) is 11.3 Å². The molecule has 1 aromatic heterocycles. The average molecular weight is 324 g/mol. The van der Waals surface area contributed by atoms with Crippen LogP contribution in [0.15, 0.2) is 53.6 Å². The van der Waals surface area contributed by atoms with Crippen LogP contribution in [-0.2, 0) is 0 Å². The lowest BCUT2D eigenvalue weighted by Crippen LogP contribution is -1.97. The molecule has 2 aromatic carbocycles. The number of nitro benzene ring substituents is 1. The fourth-order valence-electron chi connectivity index (χ4n) is 2.36. The van der Waals surface area contributed by atoms with Gasteiger partial charge in [-0.1, -0.05) is 12.1 Å². The molecule has 1 N–H and O–H groups in total. The van der Waals surface area contributed by atoms with Gasteiger partial charge >= 0.3 is 0 Å². The molecule has 0 spiro atoms. The SMILES string of the molecule is Cc1cc(N/N=C/c2ccccc2[N+](=O)[O-])c2ccc(F)cc2n1. The lowest BCUT2D eigenvalue weighted by Gasteiger charge is -2.07. The smallest absolute Gasteiger partial charge is 0.278 e. The van der Waals surface area contributed by atoms with Crippen molar-refractivity contribution < 1.29 is 9.31 Å². The highest BCUT2D eigenvalue weighted by molar-refractivity contribution is 5.92. The van der Waals surface area contributed by atoms with Gasteiger partial charge in [0.1, 0.15) is 5.82 Å². The first kappa shape index (κ1) is 15.5. The second kappa shape index (κ2) is 6.41. The van der Waals surface area contributed by atoms with Crippen LogP contribution in [-0.4, -0.2) is 16.1 Å². The second-order valence-corrected chi connectivity index (χ2v) is 5.16. The van der Waals surface area contributed by atoms with E-state index in [0.29, 0.717) is 27.8 Å². The number of para-hydroxylation sites is 1. The first-order valence-electron chi connectivity index (χ1n) is 7.14. The molecule has 0 atom stereocenters. The number of hydrogen-bond acceptors (Lipinski definition) is 5. The normalized spacial score (nSPS) is 11.1. The average Bonchev–Trinajstić information content (AvgIpc) is 2.54. The van der Waals surface area contributed by atoms with Crippen LogP contribution in [0.4, 0.5) is 15.8 Å². The molecule has 0 radical (unpaired) electrons. The van der Waals surface area contributed by atoms with Gasteiger partial charge in [0, 0.05) is 23.2 Å². The number of nitrogens with zero attached hydrogens (tertiary/aromatic N) is 3. The summed E-state index contributed by atoms with van der Waals surface area (Å²) < 4.78 is 13.3. The Balaban J connectivity index is 1.93. The Morgan fingerprint density at radius 1 is 1.25 bits per heavy atom. The summed E-state index contributed by atoms with van der Waals surface area (Å²) in [5.41, 5.74) is 5.07. The van der Waals surface area contributed by atoms with Crippen LogP contribution >= 0.6 is 0 Å². The Labute approximate surface area is 136 Å². The Morgan fingerprint density at radius 2 is 2.04 bits per heavy atom. The largest absolute Gasteiger partial charge is 0.278 e. The summed E-state index contributed by atoms with van der Waals surface area (Å²) in [4.78, 5) is 14.8. The molecule has 6 nitrogen and oxygen atoms in total. The van der Waals surface area contributed by atoms with Gasteiger partial charge < -0.3 is 0 Å². The molecule has 0 aliphatic rings. The molecule has 0 amide bonds. The highest BCUT2D eigenvalue weighted by Crippen LogP contribution is 2.24. The number of pyridine rings is 1. The fraction of sp³-hybridized carbons (Fsp3) is 0.0588. The Morgan fingerprint density at radius 3 is 2.83 bits per heavy atom. The zero-order valence-electron chi connectivity index (χ0n) is 12.7. The number of aryl methyl sites for hydroxylation is 1. The summed E-state index contributed by atoms with van der Waals surface area (Å²) in [5.74, 6) is -0.366. The molecule has 0 aliphatic heterocycles. The van der Waals surface area contributed by atoms with E-state index in [2.05, 4.69) is 15.5 Å². The maximum atomic E-state index is 13.3. The summed E-state index contributed by atoms with van der Waals surface area (Å²) in [6.45, 7) is 1.79. The Kier molecular flexibility index (Phi) is 4.15. The number of hydrogen-bond donors (Lipinski definition) is 1. The van der Waals surface area contributed by atoms with Crippen molar-refractivity contribution >= 4 is 28.5 Å². The number of benzene rings is 2. The number of fused-ring (bicyclic) bond motifs is 1. The molecular weight excluding hydrogens is 311 g/mol. The van der Waals surface area contributed by atoms with Gasteiger partial charge in [-0.05, 0) is 31.2 Å². The van der Waals surface area contributed by atoms with E-state index in [0.717, 1.165) is 0 Å². The molecule has 3 rings (SSSR count). The van der Waals surface area contributed by atoms with Crippen molar-refractivity contribution in [3.8, 4) is 0 Å². The van der Waals surface area contributed by atoms with Crippen LogP contribution < -0.4 is 5.43 Å². The number of hydrazone groups is 1. The van der Waals surface area contributed by atoms with Crippen LogP contribution in [0, 0.1) is 22.9 Å². The molecule has 0 aliphatic carbocycles. The number of rotatable bonds is 4. The van der Waals surface area contributed by atoms with Crippen molar-refractivity contribution in [1.29, 1.82) is 0 Å². The van der Waals surface area contributed by atoms with Crippen LogP contribution in [0.25, 0.3) is 10.9 Å². The Bertz CT molecular complexity index is 951. The molecule has 0 unspecified atom stereocenters. The first-order valence-corrected chi connectivity index (χ1v) is 7.14. The van der Waals surface area contributed by atoms with Gasteiger partial charge in [0.05, 0.1) is 27.9 Å². The molecule has 0 saturated heterocycles. The van der Waals surface area contributed by atoms with E-state index < -0.39 is 4.92 Å². The Hall–Kier alpha value is -3.35. The molecular formula is C17H13FN4O2. The zero-order chi connectivity index (χ0) is 17.1. The van der Waals surface area contributed by atoms with Gasteiger partial charge in [-0.2, -0.15) is 5.10 Å². The van der Waals surface area contributed by atoms with E-state index in [1.54, 1.807) is 37.3 Å². The minimum absolute atomic E-state index is 0.0270.